The molecular formula is C17H18ClN3O3. The van der Waals surface area contributed by atoms with Gasteiger partial charge in [-0.15, -0.1) is 0 Å². The number of nitrogens with zero attached hydrogens (tertiary/aromatic N) is 2. The van der Waals surface area contributed by atoms with Crippen LogP contribution in [0.4, 0.5) is 0 Å². The number of rotatable bonds is 4. The first-order chi connectivity index (χ1) is 11.7. The lowest BCUT2D eigenvalue weighted by Gasteiger charge is -2.35. The molecule has 7 heteroatoms. The fourth-order valence-electron chi connectivity index (χ4n) is 3.40. The summed E-state index contributed by atoms with van der Waals surface area (Å²) in [6.45, 7) is 1.14. The number of carbonyl (C=O) groups excluding carboxylic acids is 1. The SMILES string of the molecule is O=C(NC1(c2ncon2)CCOCC1)[C@@H]1C[C@H]1c1ccc(Cl)cc1. The Labute approximate surface area is 144 Å². The van der Waals surface area contributed by atoms with E-state index in [0.717, 1.165) is 12.0 Å². The van der Waals surface area contributed by atoms with E-state index in [1.807, 2.05) is 24.3 Å². The van der Waals surface area contributed by atoms with Crippen LogP contribution in [0, 0.1) is 5.92 Å². The first-order valence-electron chi connectivity index (χ1n) is 8.10. The van der Waals surface area contributed by atoms with Crippen LogP contribution < -0.4 is 5.32 Å². The van der Waals surface area contributed by atoms with Crippen LogP contribution in [-0.2, 0) is 15.1 Å². The maximum atomic E-state index is 12.8. The molecule has 1 aromatic carbocycles. The number of halogens is 1. The smallest absolute Gasteiger partial charge is 0.224 e. The molecule has 0 bridgehead atoms. The molecule has 2 aliphatic rings. The minimum absolute atomic E-state index is 0.0159. The number of carbonyl (C=O) groups is 1. The van der Waals surface area contributed by atoms with Crippen LogP contribution in [-0.4, -0.2) is 29.3 Å². The lowest BCUT2D eigenvalue weighted by atomic mass is 9.88. The van der Waals surface area contributed by atoms with Gasteiger partial charge in [-0.3, -0.25) is 4.79 Å². The Hall–Kier alpha value is -1.92. The number of amides is 1. The lowest BCUT2D eigenvalue weighted by molar-refractivity contribution is -0.126. The van der Waals surface area contributed by atoms with Crippen molar-refractivity contribution in [3.8, 4) is 0 Å². The molecule has 1 N–H and O–H groups in total. The van der Waals surface area contributed by atoms with E-state index in [2.05, 4.69) is 15.5 Å². The van der Waals surface area contributed by atoms with Crippen molar-refractivity contribution in [3.63, 3.8) is 0 Å². The molecule has 1 saturated heterocycles. The van der Waals surface area contributed by atoms with Crippen molar-refractivity contribution >= 4 is 17.5 Å². The van der Waals surface area contributed by atoms with Crippen molar-refractivity contribution in [3.05, 3.63) is 47.1 Å². The minimum atomic E-state index is -0.588. The number of aromatic nitrogens is 2. The van der Waals surface area contributed by atoms with Gasteiger partial charge in [-0.1, -0.05) is 28.9 Å². The summed E-state index contributed by atoms with van der Waals surface area (Å²) < 4.78 is 10.3. The summed E-state index contributed by atoms with van der Waals surface area (Å²) in [5.41, 5.74) is 0.565. The highest BCUT2D eigenvalue weighted by molar-refractivity contribution is 6.30. The molecule has 2 heterocycles. The van der Waals surface area contributed by atoms with Gasteiger partial charge in [0.1, 0.15) is 5.54 Å². The molecule has 2 fully saturated rings. The molecule has 0 unspecified atom stereocenters. The minimum Gasteiger partial charge on any atom is -0.381 e. The van der Waals surface area contributed by atoms with E-state index in [-0.39, 0.29) is 17.7 Å². The third kappa shape index (κ3) is 2.91. The summed E-state index contributed by atoms with van der Waals surface area (Å²) in [5.74, 6) is 0.812. The quantitative estimate of drug-likeness (QED) is 0.920. The lowest BCUT2D eigenvalue weighted by Crippen LogP contribution is -2.50. The van der Waals surface area contributed by atoms with Crippen molar-refractivity contribution in [1.29, 1.82) is 0 Å². The average Bonchev–Trinajstić information content (AvgIpc) is 3.20. The Balaban J connectivity index is 1.48. The molecule has 0 radical (unpaired) electrons. The molecule has 1 saturated carbocycles. The highest BCUT2D eigenvalue weighted by atomic mass is 35.5. The van der Waals surface area contributed by atoms with Crippen molar-refractivity contribution in [2.75, 3.05) is 13.2 Å². The van der Waals surface area contributed by atoms with Gasteiger partial charge in [0, 0.05) is 37.0 Å². The third-order valence-electron chi connectivity index (χ3n) is 4.92. The average molecular weight is 348 g/mol. The monoisotopic (exact) mass is 347 g/mol. The molecule has 1 aromatic heterocycles. The van der Waals surface area contributed by atoms with Crippen LogP contribution >= 0.6 is 11.6 Å². The molecule has 0 spiro atoms. The van der Waals surface area contributed by atoms with Gasteiger partial charge in [0.05, 0.1) is 0 Å². The first kappa shape index (κ1) is 15.6. The second-order valence-electron chi connectivity index (χ2n) is 6.44. The van der Waals surface area contributed by atoms with Crippen LogP contribution in [0.2, 0.25) is 5.02 Å². The standard InChI is InChI=1S/C17H18ClN3O3/c18-12-3-1-11(2-4-12)13-9-14(13)15(22)20-17(5-7-23-8-6-17)16-19-10-24-21-16/h1-4,10,13-14H,5-9H2,(H,20,22)/t13-,14+/m0/s1. The molecule has 1 aliphatic heterocycles. The summed E-state index contributed by atoms with van der Waals surface area (Å²) >= 11 is 5.93. The summed E-state index contributed by atoms with van der Waals surface area (Å²) in [6.07, 6.45) is 3.45. The Morgan fingerprint density at radius 3 is 2.67 bits per heavy atom. The van der Waals surface area contributed by atoms with Crippen LogP contribution in [0.1, 0.15) is 36.6 Å². The van der Waals surface area contributed by atoms with E-state index in [4.69, 9.17) is 20.9 Å². The molecule has 24 heavy (non-hydrogen) atoms. The van der Waals surface area contributed by atoms with Gasteiger partial charge < -0.3 is 14.6 Å². The molecule has 2 aromatic rings. The predicted octanol–water partition coefficient (Wildman–Crippen LogP) is 2.65. The second kappa shape index (κ2) is 6.18. The van der Waals surface area contributed by atoms with Crippen LogP contribution in [0.5, 0.6) is 0 Å². The largest absolute Gasteiger partial charge is 0.381 e. The van der Waals surface area contributed by atoms with Crippen LogP contribution in [0.25, 0.3) is 0 Å². The Morgan fingerprint density at radius 1 is 1.25 bits per heavy atom. The number of ether oxygens (including phenoxy) is 1. The molecule has 2 atom stereocenters. The number of benzene rings is 1. The van der Waals surface area contributed by atoms with Gasteiger partial charge in [0.15, 0.2) is 5.82 Å². The molecule has 4 rings (SSSR count). The van der Waals surface area contributed by atoms with Crippen LogP contribution in [0.15, 0.2) is 35.2 Å². The number of nitrogens with one attached hydrogen (secondary N) is 1. The van der Waals surface area contributed by atoms with Gasteiger partial charge in [0.25, 0.3) is 0 Å². The van der Waals surface area contributed by atoms with E-state index in [1.165, 1.54) is 6.39 Å². The molecule has 1 amide bonds. The van der Waals surface area contributed by atoms with Crippen molar-refractivity contribution in [2.45, 2.75) is 30.7 Å². The van der Waals surface area contributed by atoms with E-state index in [0.29, 0.717) is 36.9 Å². The topological polar surface area (TPSA) is 77.3 Å². The Bertz CT molecular complexity index is 711. The van der Waals surface area contributed by atoms with E-state index >= 15 is 0 Å². The molecule has 1 aliphatic carbocycles. The number of hydrogen-bond acceptors (Lipinski definition) is 5. The normalized spacial score (nSPS) is 25.2. The summed E-state index contributed by atoms with van der Waals surface area (Å²) in [6, 6.07) is 7.71. The van der Waals surface area contributed by atoms with Crippen molar-refractivity contribution < 1.29 is 14.1 Å². The van der Waals surface area contributed by atoms with Gasteiger partial charge >= 0.3 is 0 Å². The maximum absolute atomic E-state index is 12.8. The van der Waals surface area contributed by atoms with E-state index < -0.39 is 5.54 Å². The predicted molar refractivity (Wildman–Crippen MR) is 86.5 cm³/mol. The highest BCUT2D eigenvalue weighted by Crippen LogP contribution is 2.48. The van der Waals surface area contributed by atoms with E-state index in [9.17, 15) is 4.79 Å². The van der Waals surface area contributed by atoms with Gasteiger partial charge in [0.2, 0.25) is 12.3 Å². The van der Waals surface area contributed by atoms with Gasteiger partial charge in [-0.05, 0) is 30.0 Å². The second-order valence-corrected chi connectivity index (χ2v) is 6.88. The first-order valence-corrected chi connectivity index (χ1v) is 8.48. The fourth-order valence-corrected chi connectivity index (χ4v) is 3.52. The summed E-state index contributed by atoms with van der Waals surface area (Å²) in [5, 5.41) is 7.85. The summed E-state index contributed by atoms with van der Waals surface area (Å²) in [4.78, 5) is 16.9. The highest BCUT2D eigenvalue weighted by Gasteiger charge is 2.48. The third-order valence-corrected chi connectivity index (χ3v) is 5.18. The molecular weight excluding hydrogens is 330 g/mol. The Morgan fingerprint density at radius 2 is 2.00 bits per heavy atom. The van der Waals surface area contributed by atoms with E-state index in [1.54, 1.807) is 0 Å². The fraction of sp³-hybridized carbons (Fsp3) is 0.471. The zero-order valence-corrected chi connectivity index (χ0v) is 13.8. The summed E-state index contributed by atoms with van der Waals surface area (Å²) in [7, 11) is 0. The van der Waals surface area contributed by atoms with Gasteiger partial charge in [-0.2, -0.15) is 4.98 Å². The zero-order valence-electron chi connectivity index (χ0n) is 13.1. The zero-order chi connectivity index (χ0) is 16.6. The maximum Gasteiger partial charge on any atom is 0.224 e. The van der Waals surface area contributed by atoms with Crippen LogP contribution in [0.3, 0.4) is 0 Å². The number of hydrogen-bond donors (Lipinski definition) is 1. The molecule has 126 valence electrons. The Kier molecular flexibility index (Phi) is 4.02. The van der Waals surface area contributed by atoms with Gasteiger partial charge in [-0.25, -0.2) is 0 Å². The van der Waals surface area contributed by atoms with Crippen molar-refractivity contribution in [1.82, 2.24) is 15.5 Å². The van der Waals surface area contributed by atoms with Crippen molar-refractivity contribution in [2.24, 2.45) is 5.92 Å². The molecule has 6 nitrogen and oxygen atoms in total.